The highest BCUT2D eigenvalue weighted by atomic mass is 16.4. The van der Waals surface area contributed by atoms with Gasteiger partial charge in [-0.05, 0) is 25.8 Å². The number of unbranched alkanes of at least 4 members (excludes halogenated alkanes) is 1. The molecule has 0 unspecified atom stereocenters. The number of carboxylic acid groups (broad SMARTS) is 1. The van der Waals surface area contributed by atoms with E-state index in [9.17, 15) is 9.59 Å². The van der Waals surface area contributed by atoms with Gasteiger partial charge in [0.15, 0.2) is 5.78 Å². The molecule has 0 aromatic rings. The molecule has 0 radical (unpaired) electrons. The van der Waals surface area contributed by atoms with E-state index in [4.69, 9.17) is 5.11 Å². The van der Waals surface area contributed by atoms with E-state index in [0.717, 1.165) is 0 Å². The molecular weight excluding hydrogens is 204 g/mol. The molecule has 3 nitrogen and oxygen atoms in total. The molecule has 0 aliphatic heterocycles. The van der Waals surface area contributed by atoms with Gasteiger partial charge >= 0.3 is 5.97 Å². The molecule has 3 heteroatoms. The molecule has 0 aliphatic rings. The monoisotopic (exact) mass is 222 g/mol. The zero-order valence-corrected chi connectivity index (χ0v) is 9.56. The van der Waals surface area contributed by atoms with Crippen molar-refractivity contribution in [2.75, 3.05) is 0 Å². The summed E-state index contributed by atoms with van der Waals surface area (Å²) in [5.41, 5.74) is 0. The molecule has 0 saturated carbocycles. The summed E-state index contributed by atoms with van der Waals surface area (Å²) in [6, 6.07) is 0. The molecule has 0 aromatic heterocycles. The average Bonchev–Trinajstić information content (AvgIpc) is 2.24. The normalized spacial score (nSPS) is 11.8. The van der Waals surface area contributed by atoms with Crippen LogP contribution >= 0.6 is 0 Å². The van der Waals surface area contributed by atoms with Gasteiger partial charge in [0.05, 0.1) is 0 Å². The van der Waals surface area contributed by atoms with Gasteiger partial charge in [-0.3, -0.25) is 9.59 Å². The van der Waals surface area contributed by atoms with E-state index in [1.54, 1.807) is 12.2 Å². The topological polar surface area (TPSA) is 54.4 Å². The third-order valence-electron chi connectivity index (χ3n) is 1.87. The lowest BCUT2D eigenvalue weighted by Crippen LogP contribution is -1.96. The number of carbonyl (C=O) groups is 2. The Morgan fingerprint density at radius 1 is 1.00 bits per heavy atom. The van der Waals surface area contributed by atoms with Crippen molar-refractivity contribution >= 4 is 11.8 Å². The summed E-state index contributed by atoms with van der Waals surface area (Å²) in [5.74, 6) is -0.771. The summed E-state index contributed by atoms with van der Waals surface area (Å²) in [6.07, 6.45) is 12.4. The van der Waals surface area contributed by atoms with Gasteiger partial charge in [0, 0.05) is 12.8 Å². The van der Waals surface area contributed by atoms with Crippen LogP contribution in [0.2, 0.25) is 0 Å². The van der Waals surface area contributed by atoms with E-state index in [-0.39, 0.29) is 12.2 Å². The van der Waals surface area contributed by atoms with Crippen LogP contribution in [0.15, 0.2) is 36.5 Å². The molecule has 0 rings (SSSR count). The van der Waals surface area contributed by atoms with Crippen LogP contribution in [0.1, 0.15) is 32.6 Å². The molecule has 0 spiro atoms. The van der Waals surface area contributed by atoms with Gasteiger partial charge in [0.25, 0.3) is 0 Å². The van der Waals surface area contributed by atoms with Crippen molar-refractivity contribution in [2.24, 2.45) is 0 Å². The number of carbonyl (C=O) groups excluding carboxylic acids is 1. The first-order chi connectivity index (χ1) is 7.66. The lowest BCUT2D eigenvalue weighted by molar-refractivity contribution is -0.137. The van der Waals surface area contributed by atoms with Crippen molar-refractivity contribution in [1.29, 1.82) is 0 Å². The van der Waals surface area contributed by atoms with E-state index < -0.39 is 5.97 Å². The predicted octanol–water partition coefficient (Wildman–Crippen LogP) is 2.89. The molecular formula is C13H18O3. The Hall–Kier alpha value is -1.64. The Balaban J connectivity index is 3.62. The van der Waals surface area contributed by atoms with Gasteiger partial charge in [-0.25, -0.2) is 0 Å². The zero-order valence-electron chi connectivity index (χ0n) is 9.56. The molecule has 0 aliphatic carbocycles. The van der Waals surface area contributed by atoms with Crippen molar-refractivity contribution in [3.05, 3.63) is 36.5 Å². The van der Waals surface area contributed by atoms with Gasteiger partial charge in [0.1, 0.15) is 0 Å². The molecule has 0 heterocycles. The first-order valence-corrected chi connectivity index (χ1v) is 5.37. The lowest BCUT2D eigenvalue weighted by atomic mass is 10.1. The molecule has 0 saturated heterocycles. The van der Waals surface area contributed by atoms with Crippen LogP contribution in [0.25, 0.3) is 0 Å². The van der Waals surface area contributed by atoms with Gasteiger partial charge in [-0.15, -0.1) is 0 Å². The zero-order chi connectivity index (χ0) is 12.2. The van der Waals surface area contributed by atoms with E-state index in [1.807, 2.05) is 25.2 Å². The third-order valence-corrected chi connectivity index (χ3v) is 1.87. The fourth-order valence-electron chi connectivity index (χ4n) is 1.06. The van der Waals surface area contributed by atoms with Gasteiger partial charge in [0.2, 0.25) is 0 Å². The van der Waals surface area contributed by atoms with Crippen LogP contribution < -0.4 is 0 Å². The van der Waals surface area contributed by atoms with Gasteiger partial charge < -0.3 is 5.11 Å². The largest absolute Gasteiger partial charge is 0.481 e. The first-order valence-electron chi connectivity index (χ1n) is 5.37. The molecule has 88 valence electrons. The van der Waals surface area contributed by atoms with Crippen molar-refractivity contribution in [1.82, 2.24) is 0 Å². The fourth-order valence-corrected chi connectivity index (χ4v) is 1.06. The van der Waals surface area contributed by atoms with Crippen molar-refractivity contribution in [3.8, 4) is 0 Å². The summed E-state index contributed by atoms with van der Waals surface area (Å²) in [6.45, 7) is 1.92. The number of hydrogen-bond acceptors (Lipinski definition) is 2. The molecule has 0 amide bonds. The van der Waals surface area contributed by atoms with E-state index in [2.05, 4.69) is 0 Å². The SMILES string of the molecule is C/C=C/C=C/C=C/C(=O)CCCCC(=O)O. The molecule has 0 aromatic carbocycles. The van der Waals surface area contributed by atoms with Crippen LogP contribution in [0, 0.1) is 0 Å². The number of hydrogen-bond donors (Lipinski definition) is 1. The molecule has 0 bridgehead atoms. The molecule has 1 N–H and O–H groups in total. The molecule has 0 fully saturated rings. The Morgan fingerprint density at radius 3 is 2.25 bits per heavy atom. The molecule has 0 atom stereocenters. The number of aliphatic carboxylic acids is 1. The second-order valence-electron chi connectivity index (χ2n) is 3.34. The van der Waals surface area contributed by atoms with Crippen LogP contribution in [0.5, 0.6) is 0 Å². The van der Waals surface area contributed by atoms with Gasteiger partial charge in [-0.1, -0.05) is 30.4 Å². The van der Waals surface area contributed by atoms with Gasteiger partial charge in [-0.2, -0.15) is 0 Å². The van der Waals surface area contributed by atoms with Crippen molar-refractivity contribution < 1.29 is 14.7 Å². The average molecular weight is 222 g/mol. The van der Waals surface area contributed by atoms with Crippen LogP contribution in [-0.4, -0.2) is 16.9 Å². The Labute approximate surface area is 96.2 Å². The lowest BCUT2D eigenvalue weighted by Gasteiger charge is -1.94. The third kappa shape index (κ3) is 10.4. The Morgan fingerprint density at radius 2 is 1.62 bits per heavy atom. The maximum absolute atomic E-state index is 11.2. The van der Waals surface area contributed by atoms with Crippen molar-refractivity contribution in [3.63, 3.8) is 0 Å². The predicted molar refractivity (Wildman–Crippen MR) is 64.2 cm³/mol. The highest BCUT2D eigenvalue weighted by molar-refractivity contribution is 5.89. The smallest absolute Gasteiger partial charge is 0.303 e. The fraction of sp³-hybridized carbons (Fsp3) is 0.385. The standard InChI is InChI=1S/C13H18O3/c1-2-3-4-5-6-9-12(14)10-7-8-11-13(15)16/h2-6,9H,7-8,10-11H2,1H3,(H,15,16)/b3-2+,5-4+,9-6+. The minimum absolute atomic E-state index is 0.0375. The quantitative estimate of drug-likeness (QED) is 0.390. The maximum atomic E-state index is 11.2. The van der Waals surface area contributed by atoms with E-state index >= 15 is 0 Å². The second kappa shape index (κ2) is 9.90. The second-order valence-corrected chi connectivity index (χ2v) is 3.34. The minimum atomic E-state index is -0.808. The first kappa shape index (κ1) is 14.4. The highest BCUT2D eigenvalue weighted by Gasteiger charge is 1.99. The maximum Gasteiger partial charge on any atom is 0.303 e. The molecule has 16 heavy (non-hydrogen) atoms. The number of allylic oxidation sites excluding steroid dienone is 6. The van der Waals surface area contributed by atoms with Crippen LogP contribution in [0.4, 0.5) is 0 Å². The summed E-state index contributed by atoms with van der Waals surface area (Å²) < 4.78 is 0. The van der Waals surface area contributed by atoms with Crippen LogP contribution in [-0.2, 0) is 9.59 Å². The van der Waals surface area contributed by atoms with Crippen LogP contribution in [0.3, 0.4) is 0 Å². The number of ketones is 1. The number of carboxylic acids is 1. The summed E-state index contributed by atoms with van der Waals surface area (Å²) >= 11 is 0. The summed E-state index contributed by atoms with van der Waals surface area (Å²) in [5, 5.41) is 8.39. The Bertz CT molecular complexity index is 298. The highest BCUT2D eigenvalue weighted by Crippen LogP contribution is 2.01. The summed E-state index contributed by atoms with van der Waals surface area (Å²) in [7, 11) is 0. The number of rotatable bonds is 8. The van der Waals surface area contributed by atoms with E-state index in [0.29, 0.717) is 19.3 Å². The Kier molecular flexibility index (Phi) is 8.88. The van der Waals surface area contributed by atoms with E-state index in [1.165, 1.54) is 6.08 Å². The summed E-state index contributed by atoms with van der Waals surface area (Å²) in [4.78, 5) is 21.4. The minimum Gasteiger partial charge on any atom is -0.481 e. The van der Waals surface area contributed by atoms with Crippen molar-refractivity contribution in [2.45, 2.75) is 32.6 Å².